The molecule has 0 bridgehead atoms. The number of sulfonamides is 1. The normalized spacial score (nSPS) is 19.3. The van der Waals surface area contributed by atoms with Gasteiger partial charge in [0.1, 0.15) is 10.7 Å². The summed E-state index contributed by atoms with van der Waals surface area (Å²) in [7, 11) is -3.45. The van der Waals surface area contributed by atoms with Crippen molar-refractivity contribution in [3.8, 4) is 0 Å². The van der Waals surface area contributed by atoms with Crippen LogP contribution in [-0.4, -0.2) is 49.3 Å². The molecule has 8 heteroatoms. The zero-order valence-electron chi connectivity index (χ0n) is 13.0. The van der Waals surface area contributed by atoms with Gasteiger partial charge in [0.25, 0.3) is 0 Å². The van der Waals surface area contributed by atoms with E-state index in [0.29, 0.717) is 24.9 Å². The van der Waals surface area contributed by atoms with Gasteiger partial charge < -0.3 is 10.6 Å². The predicted octanol–water partition coefficient (Wildman–Crippen LogP) is 0.947. The number of pyridine rings is 1. The van der Waals surface area contributed by atoms with Crippen molar-refractivity contribution in [2.75, 3.05) is 25.0 Å². The Morgan fingerprint density at radius 3 is 2.57 bits per heavy atom. The number of carbonyl (C=O) groups excluding carboxylic acids is 1. The zero-order valence-corrected chi connectivity index (χ0v) is 13.8. The smallest absolute Gasteiger partial charge is 0.244 e. The molecule has 3 rings (SSSR count). The molecular formula is C15H22N4O3S. The summed E-state index contributed by atoms with van der Waals surface area (Å²) < 4.78 is 26.5. The van der Waals surface area contributed by atoms with Crippen LogP contribution in [0.15, 0.2) is 23.2 Å². The molecule has 0 atom stereocenters. The highest BCUT2D eigenvalue weighted by Gasteiger charge is 2.26. The summed E-state index contributed by atoms with van der Waals surface area (Å²) in [5.74, 6) is 0.424. The second-order valence-electron chi connectivity index (χ2n) is 6.04. The third kappa shape index (κ3) is 4.20. The van der Waals surface area contributed by atoms with Gasteiger partial charge in [0.15, 0.2) is 0 Å². The summed E-state index contributed by atoms with van der Waals surface area (Å²) in [6, 6.07) is 3.47. The number of nitrogens with one attached hydrogen (secondary N) is 2. The van der Waals surface area contributed by atoms with Crippen LogP contribution in [0, 0.1) is 0 Å². The van der Waals surface area contributed by atoms with Gasteiger partial charge in [-0.05, 0) is 37.8 Å². The number of piperidine rings is 1. The van der Waals surface area contributed by atoms with E-state index in [0.717, 1.165) is 32.1 Å². The number of rotatable bonds is 6. The standard InChI is InChI=1S/C15H22N4O3S/c20-15(18-12-4-5-12)11-17-14-7-6-13(10-16-14)23(21,22)19-8-2-1-3-9-19/h6-7,10,12H,1-5,8-9,11H2,(H,16,17)(H,18,20). The lowest BCUT2D eigenvalue weighted by molar-refractivity contribution is -0.119. The van der Waals surface area contributed by atoms with Crippen LogP contribution in [0.2, 0.25) is 0 Å². The largest absolute Gasteiger partial charge is 0.361 e. The van der Waals surface area contributed by atoms with Crippen LogP contribution in [0.4, 0.5) is 5.82 Å². The van der Waals surface area contributed by atoms with Crippen LogP contribution in [0.3, 0.4) is 0 Å². The van der Waals surface area contributed by atoms with E-state index >= 15 is 0 Å². The molecule has 0 radical (unpaired) electrons. The van der Waals surface area contributed by atoms with Gasteiger partial charge in [0.2, 0.25) is 15.9 Å². The summed E-state index contributed by atoms with van der Waals surface area (Å²) in [5, 5.41) is 5.78. The molecule has 0 unspecified atom stereocenters. The van der Waals surface area contributed by atoms with E-state index in [2.05, 4.69) is 15.6 Å². The summed E-state index contributed by atoms with van der Waals surface area (Å²) in [4.78, 5) is 15.9. The van der Waals surface area contributed by atoms with E-state index in [-0.39, 0.29) is 17.3 Å². The van der Waals surface area contributed by atoms with E-state index in [4.69, 9.17) is 0 Å². The van der Waals surface area contributed by atoms with Gasteiger partial charge in [0, 0.05) is 25.3 Å². The van der Waals surface area contributed by atoms with E-state index < -0.39 is 10.0 Å². The molecule has 2 fully saturated rings. The first-order valence-corrected chi connectivity index (χ1v) is 9.49. The van der Waals surface area contributed by atoms with Crippen LogP contribution in [-0.2, 0) is 14.8 Å². The number of nitrogens with zero attached hydrogens (tertiary/aromatic N) is 2. The lowest BCUT2D eigenvalue weighted by atomic mass is 10.2. The average molecular weight is 338 g/mol. The molecule has 1 aromatic heterocycles. The van der Waals surface area contributed by atoms with E-state index in [1.807, 2.05) is 0 Å². The first-order chi connectivity index (χ1) is 11.1. The van der Waals surface area contributed by atoms with Crippen LogP contribution in [0.5, 0.6) is 0 Å². The van der Waals surface area contributed by atoms with Crippen LogP contribution in [0.1, 0.15) is 32.1 Å². The maximum atomic E-state index is 12.5. The second kappa shape index (κ2) is 6.84. The lowest BCUT2D eigenvalue weighted by Gasteiger charge is -2.25. The van der Waals surface area contributed by atoms with Crippen molar-refractivity contribution in [3.05, 3.63) is 18.3 Å². The van der Waals surface area contributed by atoms with E-state index in [1.54, 1.807) is 6.07 Å². The molecule has 1 saturated carbocycles. The van der Waals surface area contributed by atoms with Gasteiger partial charge in [-0.2, -0.15) is 4.31 Å². The Bertz CT molecular complexity index is 650. The van der Waals surface area contributed by atoms with Crippen molar-refractivity contribution in [2.24, 2.45) is 0 Å². The number of aromatic nitrogens is 1. The SMILES string of the molecule is O=C(CNc1ccc(S(=O)(=O)N2CCCCC2)cn1)NC1CC1. The Labute approximate surface area is 136 Å². The molecule has 126 valence electrons. The van der Waals surface area contributed by atoms with E-state index in [9.17, 15) is 13.2 Å². The number of hydrogen-bond acceptors (Lipinski definition) is 5. The third-order valence-electron chi connectivity index (χ3n) is 4.06. The molecule has 2 N–H and O–H groups in total. The first kappa shape index (κ1) is 16.2. The van der Waals surface area contributed by atoms with Crippen LogP contribution in [0.25, 0.3) is 0 Å². The first-order valence-electron chi connectivity index (χ1n) is 8.05. The maximum Gasteiger partial charge on any atom is 0.244 e. The van der Waals surface area contributed by atoms with Crippen molar-refractivity contribution in [1.29, 1.82) is 0 Å². The summed E-state index contributed by atoms with van der Waals surface area (Å²) >= 11 is 0. The van der Waals surface area contributed by atoms with E-state index in [1.165, 1.54) is 16.6 Å². The summed E-state index contributed by atoms with van der Waals surface area (Å²) in [6.07, 6.45) is 6.34. The Kier molecular flexibility index (Phi) is 4.82. The number of anilines is 1. The van der Waals surface area contributed by atoms with Crippen LogP contribution >= 0.6 is 0 Å². The molecule has 23 heavy (non-hydrogen) atoms. The number of carbonyl (C=O) groups is 1. The van der Waals surface area contributed by atoms with Gasteiger partial charge in [-0.3, -0.25) is 4.79 Å². The van der Waals surface area contributed by atoms with Crippen molar-refractivity contribution in [3.63, 3.8) is 0 Å². The number of amides is 1. The molecule has 1 aliphatic carbocycles. The highest BCUT2D eigenvalue weighted by atomic mass is 32.2. The second-order valence-corrected chi connectivity index (χ2v) is 7.98. The van der Waals surface area contributed by atoms with Gasteiger partial charge in [-0.25, -0.2) is 13.4 Å². The van der Waals surface area contributed by atoms with Gasteiger partial charge in [0.05, 0.1) is 6.54 Å². The van der Waals surface area contributed by atoms with Gasteiger partial charge in [-0.1, -0.05) is 6.42 Å². The average Bonchev–Trinajstić information content (AvgIpc) is 3.38. The molecule has 0 aromatic carbocycles. The molecule has 1 amide bonds. The van der Waals surface area contributed by atoms with Crippen molar-refractivity contribution >= 4 is 21.7 Å². The fourth-order valence-corrected chi connectivity index (χ4v) is 4.03. The van der Waals surface area contributed by atoms with Gasteiger partial charge >= 0.3 is 0 Å². The molecule has 1 aromatic rings. The minimum Gasteiger partial charge on any atom is -0.361 e. The zero-order chi connectivity index (χ0) is 16.3. The fourth-order valence-electron chi connectivity index (χ4n) is 2.57. The number of hydrogen-bond donors (Lipinski definition) is 2. The van der Waals surface area contributed by atoms with Crippen molar-refractivity contribution in [2.45, 2.75) is 43.0 Å². The Morgan fingerprint density at radius 2 is 1.96 bits per heavy atom. The molecule has 2 aliphatic rings. The summed E-state index contributed by atoms with van der Waals surface area (Å²) in [6.45, 7) is 1.29. The highest BCUT2D eigenvalue weighted by Crippen LogP contribution is 2.21. The summed E-state index contributed by atoms with van der Waals surface area (Å²) in [5.41, 5.74) is 0. The molecule has 0 spiro atoms. The molecular weight excluding hydrogens is 316 g/mol. The Hall–Kier alpha value is -1.67. The maximum absolute atomic E-state index is 12.5. The molecule has 7 nitrogen and oxygen atoms in total. The predicted molar refractivity (Wildman–Crippen MR) is 86.5 cm³/mol. The highest BCUT2D eigenvalue weighted by molar-refractivity contribution is 7.89. The van der Waals surface area contributed by atoms with Crippen molar-refractivity contribution < 1.29 is 13.2 Å². The molecule has 1 saturated heterocycles. The Morgan fingerprint density at radius 1 is 1.22 bits per heavy atom. The minimum atomic E-state index is -3.45. The lowest BCUT2D eigenvalue weighted by Crippen LogP contribution is -2.35. The molecule has 1 aliphatic heterocycles. The van der Waals surface area contributed by atoms with Crippen molar-refractivity contribution in [1.82, 2.24) is 14.6 Å². The monoisotopic (exact) mass is 338 g/mol. The van der Waals surface area contributed by atoms with Gasteiger partial charge in [-0.15, -0.1) is 0 Å². The molecule has 2 heterocycles. The minimum absolute atomic E-state index is 0.0701. The fraction of sp³-hybridized carbons (Fsp3) is 0.600. The topological polar surface area (TPSA) is 91.4 Å². The third-order valence-corrected chi connectivity index (χ3v) is 5.94. The Balaban J connectivity index is 1.58. The van der Waals surface area contributed by atoms with Crippen LogP contribution < -0.4 is 10.6 Å². The quantitative estimate of drug-likeness (QED) is 0.806.